The Labute approximate surface area is 170 Å². The van der Waals surface area contributed by atoms with Crippen LogP contribution < -0.4 is 19.7 Å². The fourth-order valence-corrected chi connectivity index (χ4v) is 3.99. The number of fused-ring (bicyclic) bond motifs is 1. The van der Waals surface area contributed by atoms with Gasteiger partial charge in [-0.15, -0.1) is 0 Å². The fraction of sp³-hybridized carbons (Fsp3) is 0.455. The van der Waals surface area contributed by atoms with Gasteiger partial charge >= 0.3 is 0 Å². The molecule has 3 atom stereocenters. The van der Waals surface area contributed by atoms with Crippen molar-refractivity contribution < 1.29 is 19.4 Å². The van der Waals surface area contributed by atoms with E-state index in [1.54, 1.807) is 13.3 Å². The predicted octanol–water partition coefficient (Wildman–Crippen LogP) is 2.28. The average Bonchev–Trinajstić information content (AvgIpc) is 2.76. The first-order valence-electron chi connectivity index (χ1n) is 10.1. The minimum Gasteiger partial charge on any atom is -0.481 e. The normalized spacial score (nSPS) is 23.7. The molecule has 29 heavy (non-hydrogen) atoms. The topological polar surface area (TPSA) is 83.9 Å². The van der Waals surface area contributed by atoms with Crippen LogP contribution in [0.3, 0.4) is 0 Å². The molecule has 4 rings (SSSR count). The van der Waals surface area contributed by atoms with E-state index in [2.05, 4.69) is 15.2 Å². The SMILES string of the molecule is COc1ccc(CN2CC(C(=O)N[C@H]3CCCC[C@@H]3O)Oc3ccccc32)cn1. The van der Waals surface area contributed by atoms with Gasteiger partial charge in [-0.25, -0.2) is 4.98 Å². The van der Waals surface area contributed by atoms with Gasteiger partial charge in [-0.2, -0.15) is 0 Å². The van der Waals surface area contributed by atoms with Crippen LogP contribution in [0.5, 0.6) is 11.6 Å². The summed E-state index contributed by atoms with van der Waals surface area (Å²) in [6.45, 7) is 1.03. The number of amides is 1. The average molecular weight is 397 g/mol. The second-order valence-corrected chi connectivity index (χ2v) is 7.63. The summed E-state index contributed by atoms with van der Waals surface area (Å²) < 4.78 is 11.1. The van der Waals surface area contributed by atoms with Gasteiger partial charge in [-0.1, -0.05) is 31.0 Å². The fourth-order valence-electron chi connectivity index (χ4n) is 3.99. The van der Waals surface area contributed by atoms with E-state index in [0.29, 0.717) is 24.7 Å². The number of carbonyl (C=O) groups is 1. The van der Waals surface area contributed by atoms with Crippen LogP contribution in [0.4, 0.5) is 5.69 Å². The Morgan fingerprint density at radius 1 is 1.28 bits per heavy atom. The maximum absolute atomic E-state index is 12.9. The maximum atomic E-state index is 12.9. The third kappa shape index (κ3) is 4.45. The monoisotopic (exact) mass is 397 g/mol. The number of carbonyl (C=O) groups excluding carboxylic acids is 1. The Balaban J connectivity index is 1.49. The predicted molar refractivity (Wildman–Crippen MR) is 109 cm³/mol. The van der Waals surface area contributed by atoms with Crippen molar-refractivity contribution in [2.24, 2.45) is 0 Å². The number of aliphatic hydroxyl groups excluding tert-OH is 1. The molecule has 0 spiro atoms. The molecule has 1 fully saturated rings. The van der Waals surface area contributed by atoms with Gasteiger partial charge in [0.25, 0.3) is 5.91 Å². The van der Waals surface area contributed by atoms with Gasteiger partial charge in [0.2, 0.25) is 5.88 Å². The molecule has 7 heteroatoms. The highest BCUT2D eigenvalue weighted by atomic mass is 16.5. The van der Waals surface area contributed by atoms with Crippen LogP contribution in [-0.2, 0) is 11.3 Å². The molecule has 2 aromatic rings. The van der Waals surface area contributed by atoms with Gasteiger partial charge in [0.15, 0.2) is 6.10 Å². The number of para-hydroxylation sites is 2. The lowest BCUT2D eigenvalue weighted by molar-refractivity contribution is -0.129. The van der Waals surface area contributed by atoms with Crippen LogP contribution >= 0.6 is 0 Å². The molecule has 1 saturated carbocycles. The molecule has 0 saturated heterocycles. The number of nitrogens with one attached hydrogen (secondary N) is 1. The zero-order chi connectivity index (χ0) is 20.2. The van der Waals surface area contributed by atoms with Crippen molar-refractivity contribution in [3.05, 3.63) is 48.2 Å². The van der Waals surface area contributed by atoms with Crippen LogP contribution in [0.25, 0.3) is 0 Å². The second-order valence-electron chi connectivity index (χ2n) is 7.63. The van der Waals surface area contributed by atoms with Crippen molar-refractivity contribution in [2.45, 2.75) is 50.5 Å². The second kappa shape index (κ2) is 8.69. The first kappa shape index (κ1) is 19.5. The molecule has 1 unspecified atom stereocenters. The highest BCUT2D eigenvalue weighted by Gasteiger charge is 2.33. The van der Waals surface area contributed by atoms with E-state index in [4.69, 9.17) is 9.47 Å². The Morgan fingerprint density at radius 3 is 2.86 bits per heavy atom. The number of pyridine rings is 1. The number of aliphatic hydroxyl groups is 1. The lowest BCUT2D eigenvalue weighted by Gasteiger charge is -2.37. The zero-order valence-electron chi connectivity index (χ0n) is 16.6. The third-order valence-electron chi connectivity index (χ3n) is 5.59. The van der Waals surface area contributed by atoms with Crippen LogP contribution in [-0.4, -0.2) is 47.9 Å². The van der Waals surface area contributed by atoms with E-state index >= 15 is 0 Å². The van der Waals surface area contributed by atoms with Crippen molar-refractivity contribution in [2.75, 3.05) is 18.6 Å². The molecule has 2 N–H and O–H groups in total. The third-order valence-corrected chi connectivity index (χ3v) is 5.59. The molecule has 0 bridgehead atoms. The molecule has 1 aliphatic carbocycles. The zero-order valence-corrected chi connectivity index (χ0v) is 16.6. The van der Waals surface area contributed by atoms with E-state index in [1.807, 2.05) is 36.4 Å². The van der Waals surface area contributed by atoms with E-state index in [1.165, 1.54) is 0 Å². The summed E-state index contributed by atoms with van der Waals surface area (Å²) in [6, 6.07) is 11.3. The molecular formula is C22H27N3O4. The number of benzene rings is 1. The molecule has 7 nitrogen and oxygen atoms in total. The van der Waals surface area contributed by atoms with Gasteiger partial charge in [0, 0.05) is 18.8 Å². The van der Waals surface area contributed by atoms with Crippen LogP contribution in [0, 0.1) is 0 Å². The van der Waals surface area contributed by atoms with Crippen molar-refractivity contribution in [1.29, 1.82) is 0 Å². The molecule has 1 aromatic heterocycles. The van der Waals surface area contributed by atoms with Crippen LogP contribution in [0.15, 0.2) is 42.6 Å². The highest BCUT2D eigenvalue weighted by Crippen LogP contribution is 2.34. The van der Waals surface area contributed by atoms with Gasteiger partial charge in [-0.3, -0.25) is 4.79 Å². The Morgan fingerprint density at radius 2 is 2.10 bits per heavy atom. The summed E-state index contributed by atoms with van der Waals surface area (Å²) in [5, 5.41) is 13.2. The standard InChI is InChI=1S/C22H27N3O4/c1-28-21-11-10-15(12-23-21)13-25-14-20(29-19-9-5-3-7-17(19)25)22(27)24-16-6-2-4-8-18(16)26/h3,5,7,9-12,16,18,20,26H,2,4,6,8,13-14H2,1H3,(H,24,27)/t16-,18-,20?/m0/s1. The Bertz CT molecular complexity index is 842. The summed E-state index contributed by atoms with van der Waals surface area (Å²) in [5.41, 5.74) is 1.97. The highest BCUT2D eigenvalue weighted by molar-refractivity contribution is 5.83. The molecule has 1 aromatic carbocycles. The van der Waals surface area contributed by atoms with E-state index in [0.717, 1.165) is 36.9 Å². The molecule has 2 aliphatic rings. The van der Waals surface area contributed by atoms with Gasteiger partial charge in [-0.05, 0) is 30.5 Å². The smallest absolute Gasteiger partial charge is 0.263 e. The van der Waals surface area contributed by atoms with E-state index in [-0.39, 0.29) is 11.9 Å². The van der Waals surface area contributed by atoms with E-state index in [9.17, 15) is 9.90 Å². The molecule has 0 radical (unpaired) electrons. The summed E-state index contributed by atoms with van der Waals surface area (Å²) >= 11 is 0. The van der Waals surface area contributed by atoms with Gasteiger partial charge in [0.1, 0.15) is 5.75 Å². The van der Waals surface area contributed by atoms with Crippen molar-refractivity contribution in [1.82, 2.24) is 10.3 Å². The summed E-state index contributed by atoms with van der Waals surface area (Å²) in [4.78, 5) is 19.3. The van der Waals surface area contributed by atoms with Crippen LogP contribution in [0.2, 0.25) is 0 Å². The van der Waals surface area contributed by atoms with Crippen molar-refractivity contribution in [3.63, 3.8) is 0 Å². The quantitative estimate of drug-likeness (QED) is 0.805. The summed E-state index contributed by atoms with van der Waals surface area (Å²) in [7, 11) is 1.59. The summed E-state index contributed by atoms with van der Waals surface area (Å²) in [6.07, 6.45) is 4.23. The van der Waals surface area contributed by atoms with Crippen LogP contribution in [0.1, 0.15) is 31.2 Å². The number of rotatable bonds is 5. The first-order valence-corrected chi connectivity index (χ1v) is 10.1. The van der Waals surface area contributed by atoms with Crippen molar-refractivity contribution in [3.8, 4) is 11.6 Å². The number of aromatic nitrogens is 1. The maximum Gasteiger partial charge on any atom is 0.263 e. The lowest BCUT2D eigenvalue weighted by Crippen LogP contribution is -2.54. The minimum absolute atomic E-state index is 0.177. The van der Waals surface area contributed by atoms with E-state index < -0.39 is 12.2 Å². The number of ether oxygens (including phenoxy) is 2. The number of hydrogen-bond donors (Lipinski definition) is 2. The molecular weight excluding hydrogens is 370 g/mol. The van der Waals surface area contributed by atoms with Gasteiger partial charge in [0.05, 0.1) is 31.5 Å². The largest absolute Gasteiger partial charge is 0.481 e. The summed E-state index contributed by atoms with van der Waals surface area (Å²) in [5.74, 6) is 1.08. The molecule has 1 amide bonds. The number of anilines is 1. The number of hydrogen-bond acceptors (Lipinski definition) is 6. The first-order chi connectivity index (χ1) is 14.1. The minimum atomic E-state index is -0.634. The van der Waals surface area contributed by atoms with Crippen molar-refractivity contribution >= 4 is 11.6 Å². The van der Waals surface area contributed by atoms with Gasteiger partial charge < -0.3 is 24.8 Å². The molecule has 2 heterocycles. The Kier molecular flexibility index (Phi) is 5.85. The molecule has 1 aliphatic heterocycles. The number of nitrogens with zero attached hydrogens (tertiary/aromatic N) is 2. The lowest BCUT2D eigenvalue weighted by atomic mass is 9.92. The Hall–Kier alpha value is -2.80. The number of methoxy groups -OCH3 is 1. The molecule has 154 valence electrons.